The molecule has 0 aliphatic heterocycles. The minimum atomic E-state index is -0.0632. The van der Waals surface area contributed by atoms with Crippen molar-refractivity contribution in [3.05, 3.63) is 76.4 Å². The summed E-state index contributed by atoms with van der Waals surface area (Å²) in [6.45, 7) is 2.16. The van der Waals surface area contributed by atoms with Crippen LogP contribution in [-0.2, 0) is 0 Å². The molecule has 1 aliphatic rings. The summed E-state index contributed by atoms with van der Waals surface area (Å²) in [6, 6.07) is 12.5. The van der Waals surface area contributed by atoms with Crippen LogP contribution in [0.5, 0.6) is 0 Å². The third-order valence-electron chi connectivity index (χ3n) is 3.98. The average molecular weight is 290 g/mol. The summed E-state index contributed by atoms with van der Waals surface area (Å²) in [5.74, 6) is -0.124. The van der Waals surface area contributed by atoms with E-state index < -0.39 is 0 Å². The van der Waals surface area contributed by atoms with Gasteiger partial charge in [0.05, 0.1) is 0 Å². The van der Waals surface area contributed by atoms with Gasteiger partial charge in [-0.2, -0.15) is 0 Å². The lowest BCUT2D eigenvalue weighted by Gasteiger charge is -2.17. The molecule has 2 nitrogen and oxygen atoms in total. The first-order chi connectivity index (χ1) is 10.7. The Balaban J connectivity index is 1.97. The molecule has 2 aromatic carbocycles. The maximum absolute atomic E-state index is 12.6. The highest BCUT2D eigenvalue weighted by Gasteiger charge is 2.28. The zero-order valence-electron chi connectivity index (χ0n) is 12.6. The molecule has 0 amide bonds. The highest BCUT2D eigenvalue weighted by molar-refractivity contribution is 6.28. The van der Waals surface area contributed by atoms with Crippen molar-refractivity contribution in [1.82, 2.24) is 0 Å². The summed E-state index contributed by atoms with van der Waals surface area (Å²) >= 11 is 0. The summed E-state index contributed by atoms with van der Waals surface area (Å²) < 4.78 is 0. The summed E-state index contributed by atoms with van der Waals surface area (Å²) in [7, 11) is 0. The van der Waals surface area contributed by atoms with E-state index in [1.807, 2.05) is 18.2 Å². The summed E-state index contributed by atoms with van der Waals surface area (Å²) in [4.78, 5) is 25.1. The summed E-state index contributed by atoms with van der Waals surface area (Å²) in [5.41, 5.74) is 3.00. The van der Waals surface area contributed by atoms with Gasteiger partial charge in [-0.1, -0.05) is 62.2 Å². The molecule has 22 heavy (non-hydrogen) atoms. The number of ketones is 2. The molecule has 0 fully saturated rings. The Kier molecular flexibility index (Phi) is 4.01. The molecule has 0 atom stereocenters. The first-order valence-corrected chi connectivity index (χ1v) is 7.71. The number of unbranched alkanes of at least 4 members (excludes halogenated alkanes) is 2. The molecule has 0 heterocycles. The van der Waals surface area contributed by atoms with Crippen LogP contribution in [0.25, 0.3) is 6.08 Å². The van der Waals surface area contributed by atoms with Crippen molar-refractivity contribution in [3.8, 4) is 0 Å². The van der Waals surface area contributed by atoms with E-state index in [2.05, 4.69) is 13.0 Å². The molecule has 3 rings (SSSR count). The van der Waals surface area contributed by atoms with E-state index in [0.29, 0.717) is 22.3 Å². The lowest BCUT2D eigenvalue weighted by Crippen LogP contribution is -2.20. The normalized spacial score (nSPS) is 13.3. The molecule has 2 aromatic rings. The lowest BCUT2D eigenvalue weighted by molar-refractivity contribution is 0.0979. The van der Waals surface area contributed by atoms with Gasteiger partial charge in [-0.15, -0.1) is 0 Å². The van der Waals surface area contributed by atoms with Crippen molar-refractivity contribution in [2.75, 3.05) is 0 Å². The average Bonchev–Trinajstić information content (AvgIpc) is 2.56. The minimum absolute atomic E-state index is 0.0611. The molecule has 0 saturated carbocycles. The van der Waals surface area contributed by atoms with Crippen LogP contribution in [0.2, 0.25) is 0 Å². The van der Waals surface area contributed by atoms with Gasteiger partial charge in [0.2, 0.25) is 0 Å². The standard InChI is InChI=1S/C20H18O2/c1-2-3-4-5-8-14-11-12-17-18(13-14)20(22)16-10-7-6-9-15(16)19(17)21/h5-13H,2-4H2,1H3/b8-5+. The van der Waals surface area contributed by atoms with E-state index in [1.165, 1.54) is 0 Å². The molecule has 0 bridgehead atoms. The van der Waals surface area contributed by atoms with Gasteiger partial charge < -0.3 is 0 Å². The molecular weight excluding hydrogens is 272 g/mol. The highest BCUT2D eigenvalue weighted by Crippen LogP contribution is 2.28. The van der Waals surface area contributed by atoms with Crippen molar-refractivity contribution >= 4 is 17.6 Å². The van der Waals surface area contributed by atoms with Crippen LogP contribution in [0.3, 0.4) is 0 Å². The maximum Gasteiger partial charge on any atom is 0.194 e. The fraction of sp³-hybridized carbons (Fsp3) is 0.200. The van der Waals surface area contributed by atoms with Crippen LogP contribution in [0.15, 0.2) is 48.5 Å². The second-order valence-corrected chi connectivity index (χ2v) is 5.55. The monoisotopic (exact) mass is 290 g/mol. The SMILES string of the molecule is CCCC/C=C/c1ccc2c(c1)C(=O)c1ccccc1C2=O. The van der Waals surface area contributed by atoms with Crippen molar-refractivity contribution in [2.24, 2.45) is 0 Å². The van der Waals surface area contributed by atoms with Gasteiger partial charge in [0.15, 0.2) is 11.6 Å². The number of rotatable bonds is 4. The minimum Gasteiger partial charge on any atom is -0.289 e. The molecule has 0 spiro atoms. The number of hydrogen-bond acceptors (Lipinski definition) is 2. The molecule has 0 N–H and O–H groups in total. The first-order valence-electron chi connectivity index (χ1n) is 7.71. The van der Waals surface area contributed by atoms with Gasteiger partial charge >= 0.3 is 0 Å². The number of carbonyl (C=O) groups excluding carboxylic acids is 2. The fourth-order valence-electron chi connectivity index (χ4n) is 2.76. The molecule has 0 radical (unpaired) electrons. The van der Waals surface area contributed by atoms with Gasteiger partial charge in [-0.25, -0.2) is 0 Å². The summed E-state index contributed by atoms with van der Waals surface area (Å²) in [5, 5.41) is 0. The van der Waals surface area contributed by atoms with Crippen molar-refractivity contribution < 1.29 is 9.59 Å². The van der Waals surface area contributed by atoms with E-state index in [-0.39, 0.29) is 11.6 Å². The van der Waals surface area contributed by atoms with Crippen LogP contribution in [0.1, 0.15) is 63.6 Å². The Hall–Kier alpha value is -2.48. The lowest BCUT2D eigenvalue weighted by atomic mass is 9.83. The number of carbonyl (C=O) groups is 2. The van der Waals surface area contributed by atoms with Crippen LogP contribution < -0.4 is 0 Å². The molecule has 2 heteroatoms. The molecular formula is C20H18O2. The highest BCUT2D eigenvalue weighted by atomic mass is 16.1. The van der Waals surface area contributed by atoms with Crippen LogP contribution in [0.4, 0.5) is 0 Å². The number of allylic oxidation sites excluding steroid dienone is 1. The van der Waals surface area contributed by atoms with Crippen LogP contribution >= 0.6 is 0 Å². The molecule has 0 unspecified atom stereocenters. The zero-order chi connectivity index (χ0) is 15.5. The number of hydrogen-bond donors (Lipinski definition) is 0. The van der Waals surface area contributed by atoms with E-state index in [1.54, 1.807) is 30.3 Å². The third-order valence-corrected chi connectivity index (χ3v) is 3.98. The predicted octanol–water partition coefficient (Wildman–Crippen LogP) is 4.67. The zero-order valence-corrected chi connectivity index (χ0v) is 12.6. The maximum atomic E-state index is 12.6. The van der Waals surface area contributed by atoms with Crippen LogP contribution in [0, 0.1) is 0 Å². The number of fused-ring (bicyclic) bond motifs is 2. The van der Waals surface area contributed by atoms with E-state index in [4.69, 9.17) is 0 Å². The smallest absolute Gasteiger partial charge is 0.194 e. The molecule has 1 aliphatic carbocycles. The topological polar surface area (TPSA) is 34.1 Å². The van der Waals surface area contributed by atoms with Crippen molar-refractivity contribution in [3.63, 3.8) is 0 Å². The second-order valence-electron chi connectivity index (χ2n) is 5.55. The van der Waals surface area contributed by atoms with Gasteiger partial charge in [0.25, 0.3) is 0 Å². The van der Waals surface area contributed by atoms with Gasteiger partial charge in [-0.05, 0) is 24.1 Å². The number of benzene rings is 2. The van der Waals surface area contributed by atoms with Crippen molar-refractivity contribution in [2.45, 2.75) is 26.2 Å². The largest absolute Gasteiger partial charge is 0.289 e. The Morgan fingerprint density at radius 1 is 0.864 bits per heavy atom. The van der Waals surface area contributed by atoms with Gasteiger partial charge in [-0.3, -0.25) is 9.59 Å². The Labute approximate surface area is 130 Å². The Morgan fingerprint density at radius 2 is 1.50 bits per heavy atom. The Morgan fingerprint density at radius 3 is 2.18 bits per heavy atom. The van der Waals surface area contributed by atoms with E-state index >= 15 is 0 Å². The van der Waals surface area contributed by atoms with Gasteiger partial charge in [0, 0.05) is 22.3 Å². The molecule has 0 aromatic heterocycles. The first kappa shape index (κ1) is 14.5. The van der Waals surface area contributed by atoms with Crippen LogP contribution in [-0.4, -0.2) is 11.6 Å². The third kappa shape index (κ3) is 2.52. The van der Waals surface area contributed by atoms with E-state index in [0.717, 1.165) is 24.8 Å². The molecule has 0 saturated heterocycles. The second kappa shape index (κ2) is 6.10. The van der Waals surface area contributed by atoms with Gasteiger partial charge in [0.1, 0.15) is 0 Å². The summed E-state index contributed by atoms with van der Waals surface area (Å²) in [6.07, 6.45) is 7.50. The molecule has 110 valence electrons. The quantitative estimate of drug-likeness (QED) is 0.655. The van der Waals surface area contributed by atoms with E-state index in [9.17, 15) is 9.59 Å². The van der Waals surface area contributed by atoms with Crippen molar-refractivity contribution in [1.29, 1.82) is 0 Å². The fourth-order valence-corrected chi connectivity index (χ4v) is 2.76. The Bertz CT molecular complexity index is 769. The predicted molar refractivity (Wildman–Crippen MR) is 88.3 cm³/mol.